The van der Waals surface area contributed by atoms with Crippen molar-refractivity contribution < 1.29 is 19.4 Å². The quantitative estimate of drug-likeness (QED) is 0.673. The van der Waals surface area contributed by atoms with Gasteiger partial charge in [0.1, 0.15) is 0 Å². The molecule has 1 unspecified atom stereocenters. The highest BCUT2D eigenvalue weighted by molar-refractivity contribution is 9.10. The van der Waals surface area contributed by atoms with Crippen molar-refractivity contribution in [2.75, 3.05) is 18.5 Å². The molecule has 0 aliphatic rings. The average Bonchev–Trinajstić information content (AvgIpc) is 2.40. The van der Waals surface area contributed by atoms with Gasteiger partial charge in [-0.2, -0.15) is 0 Å². The number of carboxylic acid groups (broad SMARTS) is 1. The summed E-state index contributed by atoms with van der Waals surface area (Å²) in [7, 11) is 0. The van der Waals surface area contributed by atoms with Crippen molar-refractivity contribution in [2.24, 2.45) is 5.92 Å². The second-order valence-electron chi connectivity index (χ2n) is 4.64. The number of hydrogen-bond acceptors (Lipinski definition) is 3. The molecular weight excluding hydrogens is 329 g/mol. The van der Waals surface area contributed by atoms with Gasteiger partial charge in [0.2, 0.25) is 0 Å². The van der Waals surface area contributed by atoms with E-state index in [2.05, 4.69) is 28.2 Å². The van der Waals surface area contributed by atoms with Crippen LogP contribution in [0.4, 0.5) is 10.1 Å². The predicted octanol–water partition coefficient (Wildman–Crippen LogP) is 3.50. The first-order valence-electron chi connectivity index (χ1n) is 6.57. The second-order valence-corrected chi connectivity index (χ2v) is 5.43. The molecule has 0 aromatic heterocycles. The van der Waals surface area contributed by atoms with Crippen LogP contribution in [0.2, 0.25) is 0 Å². The predicted molar refractivity (Wildman–Crippen MR) is 79.6 cm³/mol. The van der Waals surface area contributed by atoms with Gasteiger partial charge in [-0.15, -0.1) is 0 Å². The van der Waals surface area contributed by atoms with Gasteiger partial charge >= 0.3 is 5.97 Å². The summed E-state index contributed by atoms with van der Waals surface area (Å²) in [5, 5.41) is 20.9. The van der Waals surface area contributed by atoms with Crippen LogP contribution in [0.3, 0.4) is 0 Å². The summed E-state index contributed by atoms with van der Waals surface area (Å²) < 4.78 is 14.0. The van der Waals surface area contributed by atoms with Crippen molar-refractivity contribution in [1.29, 1.82) is 0 Å². The highest BCUT2D eigenvalue weighted by Gasteiger charge is 2.16. The standard InChI is InChI=1S/C14H19BrFNO3/c1-2-3-9(6-7-18)8-17-11-5-4-10(14(19)20)12(15)13(11)16/h4-5,9,17-18H,2-3,6-8H2,1H3,(H,19,20). The zero-order valence-corrected chi connectivity index (χ0v) is 12.9. The zero-order chi connectivity index (χ0) is 15.1. The summed E-state index contributed by atoms with van der Waals surface area (Å²) >= 11 is 2.96. The number of aromatic carboxylic acids is 1. The highest BCUT2D eigenvalue weighted by Crippen LogP contribution is 2.27. The number of hydrogen-bond donors (Lipinski definition) is 3. The number of nitrogens with one attached hydrogen (secondary N) is 1. The van der Waals surface area contributed by atoms with Crippen LogP contribution < -0.4 is 5.32 Å². The monoisotopic (exact) mass is 347 g/mol. The number of halogens is 2. The fourth-order valence-corrected chi connectivity index (χ4v) is 2.56. The lowest BCUT2D eigenvalue weighted by Gasteiger charge is -2.17. The minimum absolute atomic E-state index is 0.0517. The number of aliphatic hydroxyl groups is 1. The van der Waals surface area contributed by atoms with Crippen LogP contribution in [0.15, 0.2) is 16.6 Å². The molecule has 0 saturated heterocycles. The Morgan fingerprint density at radius 3 is 2.70 bits per heavy atom. The van der Waals surface area contributed by atoms with Crippen LogP contribution in [0.1, 0.15) is 36.5 Å². The van der Waals surface area contributed by atoms with E-state index < -0.39 is 11.8 Å². The first kappa shape index (κ1) is 16.9. The number of aliphatic hydroxyl groups excluding tert-OH is 1. The fourth-order valence-electron chi connectivity index (χ4n) is 2.04. The van der Waals surface area contributed by atoms with E-state index in [9.17, 15) is 9.18 Å². The topological polar surface area (TPSA) is 69.6 Å². The first-order valence-corrected chi connectivity index (χ1v) is 7.36. The third-order valence-electron chi connectivity index (χ3n) is 3.13. The molecule has 1 rings (SSSR count). The van der Waals surface area contributed by atoms with E-state index in [0.29, 0.717) is 13.0 Å². The molecular formula is C14H19BrFNO3. The SMILES string of the molecule is CCCC(CCO)CNc1ccc(C(=O)O)c(Br)c1F. The summed E-state index contributed by atoms with van der Waals surface area (Å²) in [5.74, 6) is -1.52. The number of rotatable bonds is 8. The molecule has 0 aliphatic heterocycles. The molecule has 20 heavy (non-hydrogen) atoms. The molecule has 3 N–H and O–H groups in total. The summed E-state index contributed by atoms with van der Waals surface area (Å²) in [6.45, 7) is 2.71. The van der Waals surface area contributed by atoms with Gasteiger partial charge in [0.25, 0.3) is 0 Å². The minimum atomic E-state index is -1.17. The largest absolute Gasteiger partial charge is 0.478 e. The lowest BCUT2D eigenvalue weighted by molar-refractivity contribution is 0.0695. The van der Waals surface area contributed by atoms with Gasteiger partial charge in [-0.25, -0.2) is 9.18 Å². The molecule has 112 valence electrons. The Hall–Kier alpha value is -1.14. The molecule has 0 saturated carbocycles. The van der Waals surface area contributed by atoms with Crippen LogP contribution in [-0.2, 0) is 0 Å². The Kier molecular flexibility index (Phi) is 6.95. The van der Waals surface area contributed by atoms with E-state index in [1.54, 1.807) is 0 Å². The molecule has 4 nitrogen and oxygen atoms in total. The summed E-state index contributed by atoms with van der Waals surface area (Å²) in [6.07, 6.45) is 2.61. The van der Waals surface area contributed by atoms with E-state index in [0.717, 1.165) is 12.8 Å². The molecule has 0 spiro atoms. The second kappa shape index (κ2) is 8.21. The summed E-state index contributed by atoms with van der Waals surface area (Å²) in [4.78, 5) is 10.9. The third kappa shape index (κ3) is 4.45. The Labute approximate surface area is 126 Å². The maximum atomic E-state index is 14.0. The Morgan fingerprint density at radius 2 is 2.15 bits per heavy atom. The van der Waals surface area contributed by atoms with Crippen molar-refractivity contribution in [3.63, 3.8) is 0 Å². The molecule has 0 radical (unpaired) electrons. The van der Waals surface area contributed by atoms with Crippen molar-refractivity contribution in [3.8, 4) is 0 Å². The lowest BCUT2D eigenvalue weighted by Crippen LogP contribution is -2.16. The highest BCUT2D eigenvalue weighted by atomic mass is 79.9. The van der Waals surface area contributed by atoms with Crippen molar-refractivity contribution >= 4 is 27.6 Å². The summed E-state index contributed by atoms with van der Waals surface area (Å²) in [6, 6.07) is 2.78. The van der Waals surface area contributed by atoms with Crippen molar-refractivity contribution in [2.45, 2.75) is 26.2 Å². The Bertz CT molecular complexity index is 462. The van der Waals surface area contributed by atoms with Crippen LogP contribution in [0, 0.1) is 11.7 Å². The molecule has 0 bridgehead atoms. The molecule has 1 aromatic rings. The van der Waals surface area contributed by atoms with E-state index in [1.165, 1.54) is 12.1 Å². The zero-order valence-electron chi connectivity index (χ0n) is 11.3. The van der Waals surface area contributed by atoms with Gasteiger partial charge < -0.3 is 15.5 Å². The van der Waals surface area contributed by atoms with E-state index in [4.69, 9.17) is 10.2 Å². The first-order chi connectivity index (χ1) is 9.51. The van der Waals surface area contributed by atoms with E-state index in [-0.39, 0.29) is 28.2 Å². The van der Waals surface area contributed by atoms with E-state index in [1.807, 2.05) is 0 Å². The van der Waals surface area contributed by atoms with Gasteiger partial charge in [0.05, 0.1) is 15.7 Å². The average molecular weight is 348 g/mol. The smallest absolute Gasteiger partial charge is 0.336 e. The third-order valence-corrected chi connectivity index (χ3v) is 3.90. The lowest BCUT2D eigenvalue weighted by atomic mass is 10.00. The van der Waals surface area contributed by atoms with Crippen molar-refractivity contribution in [3.05, 3.63) is 28.0 Å². The maximum Gasteiger partial charge on any atom is 0.336 e. The normalized spacial score (nSPS) is 12.2. The van der Waals surface area contributed by atoms with Crippen molar-refractivity contribution in [1.82, 2.24) is 0 Å². The number of anilines is 1. The van der Waals surface area contributed by atoms with Crippen LogP contribution in [-0.4, -0.2) is 29.3 Å². The van der Waals surface area contributed by atoms with Crippen LogP contribution in [0.5, 0.6) is 0 Å². The molecule has 1 atom stereocenters. The van der Waals surface area contributed by atoms with E-state index >= 15 is 0 Å². The number of carbonyl (C=O) groups is 1. The minimum Gasteiger partial charge on any atom is -0.478 e. The molecule has 0 heterocycles. The fraction of sp³-hybridized carbons (Fsp3) is 0.500. The Morgan fingerprint density at radius 1 is 1.45 bits per heavy atom. The summed E-state index contributed by atoms with van der Waals surface area (Å²) in [5.41, 5.74) is 0.162. The molecule has 6 heteroatoms. The van der Waals surface area contributed by atoms with Crippen LogP contribution >= 0.6 is 15.9 Å². The van der Waals surface area contributed by atoms with Gasteiger partial charge in [-0.3, -0.25) is 0 Å². The molecule has 0 amide bonds. The molecule has 0 aliphatic carbocycles. The van der Waals surface area contributed by atoms with Gasteiger partial charge in [0.15, 0.2) is 5.82 Å². The molecule has 1 aromatic carbocycles. The number of carboxylic acids is 1. The van der Waals surface area contributed by atoms with Gasteiger partial charge in [-0.05, 0) is 46.8 Å². The van der Waals surface area contributed by atoms with Crippen LogP contribution in [0.25, 0.3) is 0 Å². The number of benzene rings is 1. The van der Waals surface area contributed by atoms with Gasteiger partial charge in [0, 0.05) is 13.2 Å². The molecule has 0 fully saturated rings. The van der Waals surface area contributed by atoms with Gasteiger partial charge in [-0.1, -0.05) is 13.3 Å². The maximum absolute atomic E-state index is 14.0. The Balaban J connectivity index is 2.78.